The van der Waals surface area contributed by atoms with Gasteiger partial charge in [-0.25, -0.2) is 0 Å². The van der Waals surface area contributed by atoms with Gasteiger partial charge < -0.3 is 10.1 Å². The molecule has 0 spiro atoms. The summed E-state index contributed by atoms with van der Waals surface area (Å²) in [4.78, 5) is 0. The van der Waals surface area contributed by atoms with E-state index < -0.39 is 0 Å². The Hall–Kier alpha value is -1.51. The van der Waals surface area contributed by atoms with Gasteiger partial charge in [-0.1, -0.05) is 35.9 Å². The van der Waals surface area contributed by atoms with Gasteiger partial charge in [0.05, 0.1) is 13.2 Å². The topological polar surface area (TPSA) is 21.3 Å². The number of hydrogen-bond donors (Lipinski definition) is 1. The minimum absolute atomic E-state index is 0.0771. The lowest BCUT2D eigenvalue weighted by molar-refractivity contribution is 0.414. The third-order valence-corrected chi connectivity index (χ3v) is 4.09. The normalized spacial score (nSPS) is 12.2. The lowest BCUT2D eigenvalue weighted by atomic mass is 9.92. The SMILES string of the molecule is CNC(c1ccc(OC)cc1Cl)c1cccc(C)c1C. The Morgan fingerprint density at radius 1 is 1.10 bits per heavy atom. The summed E-state index contributed by atoms with van der Waals surface area (Å²) in [6.07, 6.45) is 0. The van der Waals surface area contributed by atoms with Crippen LogP contribution in [0.25, 0.3) is 0 Å². The van der Waals surface area contributed by atoms with Crippen LogP contribution in [0, 0.1) is 13.8 Å². The molecule has 2 nitrogen and oxygen atoms in total. The number of rotatable bonds is 4. The van der Waals surface area contributed by atoms with E-state index in [1.54, 1.807) is 7.11 Å². The largest absolute Gasteiger partial charge is 0.497 e. The van der Waals surface area contributed by atoms with Crippen molar-refractivity contribution in [2.24, 2.45) is 0 Å². The molecule has 1 N–H and O–H groups in total. The Bertz CT molecular complexity index is 610. The van der Waals surface area contributed by atoms with Crippen molar-refractivity contribution in [3.63, 3.8) is 0 Å². The molecule has 0 bridgehead atoms. The third kappa shape index (κ3) is 2.82. The van der Waals surface area contributed by atoms with Crippen LogP contribution >= 0.6 is 11.6 Å². The molecule has 0 saturated carbocycles. The van der Waals surface area contributed by atoms with E-state index in [9.17, 15) is 0 Å². The van der Waals surface area contributed by atoms with Crippen LogP contribution in [0.5, 0.6) is 5.75 Å². The molecule has 0 aliphatic rings. The average Bonchev–Trinajstić information content (AvgIpc) is 2.45. The molecule has 0 aliphatic heterocycles. The molecular weight excluding hydrogens is 270 g/mol. The molecule has 0 heterocycles. The van der Waals surface area contributed by atoms with Crippen molar-refractivity contribution in [3.05, 3.63) is 63.7 Å². The molecule has 20 heavy (non-hydrogen) atoms. The molecule has 1 unspecified atom stereocenters. The Kier molecular flexibility index (Phi) is 4.69. The van der Waals surface area contributed by atoms with Gasteiger partial charge in [-0.05, 0) is 55.3 Å². The quantitative estimate of drug-likeness (QED) is 0.907. The maximum absolute atomic E-state index is 6.40. The fourth-order valence-corrected chi connectivity index (χ4v) is 2.71. The van der Waals surface area contributed by atoms with Crippen LogP contribution in [-0.4, -0.2) is 14.2 Å². The van der Waals surface area contributed by atoms with Crippen LogP contribution in [-0.2, 0) is 0 Å². The van der Waals surface area contributed by atoms with Gasteiger partial charge in [0.15, 0.2) is 0 Å². The molecule has 0 radical (unpaired) electrons. The number of ether oxygens (including phenoxy) is 1. The first-order valence-electron chi connectivity index (χ1n) is 6.65. The first-order valence-corrected chi connectivity index (χ1v) is 7.03. The van der Waals surface area contributed by atoms with Gasteiger partial charge >= 0.3 is 0 Å². The monoisotopic (exact) mass is 289 g/mol. The fourth-order valence-electron chi connectivity index (χ4n) is 2.43. The Balaban J connectivity index is 2.50. The number of nitrogens with one attached hydrogen (secondary N) is 1. The molecule has 0 fully saturated rings. The van der Waals surface area contributed by atoms with Crippen LogP contribution in [0.15, 0.2) is 36.4 Å². The van der Waals surface area contributed by atoms with Gasteiger partial charge in [-0.2, -0.15) is 0 Å². The molecule has 2 aromatic carbocycles. The first kappa shape index (κ1) is 14.9. The summed E-state index contributed by atoms with van der Waals surface area (Å²) in [7, 11) is 3.60. The molecule has 0 amide bonds. The Labute approximate surface area is 125 Å². The van der Waals surface area contributed by atoms with Crippen molar-refractivity contribution in [3.8, 4) is 5.75 Å². The second-order valence-electron chi connectivity index (χ2n) is 4.90. The van der Waals surface area contributed by atoms with Crippen LogP contribution in [0.2, 0.25) is 5.02 Å². The first-order chi connectivity index (χ1) is 9.58. The van der Waals surface area contributed by atoms with Crippen LogP contribution in [0.4, 0.5) is 0 Å². The molecule has 1 atom stereocenters. The summed E-state index contributed by atoms with van der Waals surface area (Å²) in [6, 6.07) is 12.2. The predicted octanol–water partition coefficient (Wildman–Crippen LogP) is 4.27. The summed E-state index contributed by atoms with van der Waals surface area (Å²) in [5.74, 6) is 0.773. The summed E-state index contributed by atoms with van der Waals surface area (Å²) in [6.45, 7) is 4.27. The van der Waals surface area contributed by atoms with Crippen molar-refractivity contribution in [1.29, 1.82) is 0 Å². The van der Waals surface area contributed by atoms with E-state index >= 15 is 0 Å². The summed E-state index contributed by atoms with van der Waals surface area (Å²) >= 11 is 6.40. The van der Waals surface area contributed by atoms with Crippen molar-refractivity contribution in [2.45, 2.75) is 19.9 Å². The second-order valence-corrected chi connectivity index (χ2v) is 5.31. The van der Waals surface area contributed by atoms with Crippen LogP contribution in [0.3, 0.4) is 0 Å². The highest BCUT2D eigenvalue weighted by atomic mass is 35.5. The zero-order valence-corrected chi connectivity index (χ0v) is 13.1. The zero-order chi connectivity index (χ0) is 14.7. The highest BCUT2D eigenvalue weighted by molar-refractivity contribution is 6.31. The van der Waals surface area contributed by atoms with E-state index in [1.165, 1.54) is 16.7 Å². The van der Waals surface area contributed by atoms with E-state index in [-0.39, 0.29) is 6.04 Å². The molecular formula is C17H20ClNO. The van der Waals surface area contributed by atoms with E-state index in [4.69, 9.17) is 16.3 Å². The van der Waals surface area contributed by atoms with Crippen LogP contribution in [0.1, 0.15) is 28.3 Å². The summed E-state index contributed by atoms with van der Waals surface area (Å²) < 4.78 is 5.21. The van der Waals surface area contributed by atoms with Gasteiger partial charge in [-0.3, -0.25) is 0 Å². The lowest BCUT2D eigenvalue weighted by Gasteiger charge is -2.22. The van der Waals surface area contributed by atoms with E-state index in [0.29, 0.717) is 5.02 Å². The highest BCUT2D eigenvalue weighted by Gasteiger charge is 2.18. The predicted molar refractivity (Wildman–Crippen MR) is 84.8 cm³/mol. The fraction of sp³-hybridized carbons (Fsp3) is 0.294. The summed E-state index contributed by atoms with van der Waals surface area (Å²) in [5, 5.41) is 4.07. The second kappa shape index (κ2) is 6.29. The van der Waals surface area contributed by atoms with Crippen molar-refractivity contribution >= 4 is 11.6 Å². The average molecular weight is 290 g/mol. The van der Waals surface area contributed by atoms with E-state index in [0.717, 1.165) is 11.3 Å². The van der Waals surface area contributed by atoms with Gasteiger partial charge in [0.2, 0.25) is 0 Å². The third-order valence-electron chi connectivity index (χ3n) is 3.76. The number of methoxy groups -OCH3 is 1. The minimum Gasteiger partial charge on any atom is -0.497 e. The van der Waals surface area contributed by atoms with Gasteiger partial charge in [0, 0.05) is 5.02 Å². The van der Waals surface area contributed by atoms with Crippen LogP contribution < -0.4 is 10.1 Å². The maximum Gasteiger partial charge on any atom is 0.120 e. The molecule has 2 aromatic rings. The molecule has 2 rings (SSSR count). The Morgan fingerprint density at radius 2 is 1.85 bits per heavy atom. The van der Waals surface area contributed by atoms with Gasteiger partial charge in [0.25, 0.3) is 0 Å². The summed E-state index contributed by atoms with van der Waals surface area (Å²) in [5.41, 5.74) is 4.88. The molecule has 0 saturated heterocycles. The number of halogens is 1. The minimum atomic E-state index is 0.0771. The van der Waals surface area contributed by atoms with E-state index in [2.05, 4.69) is 37.4 Å². The van der Waals surface area contributed by atoms with Gasteiger partial charge in [0.1, 0.15) is 5.75 Å². The maximum atomic E-state index is 6.40. The highest BCUT2D eigenvalue weighted by Crippen LogP contribution is 2.32. The van der Waals surface area contributed by atoms with E-state index in [1.807, 2.05) is 25.2 Å². The smallest absolute Gasteiger partial charge is 0.120 e. The lowest BCUT2D eigenvalue weighted by Crippen LogP contribution is -2.19. The van der Waals surface area contributed by atoms with Crippen molar-refractivity contribution in [1.82, 2.24) is 5.32 Å². The van der Waals surface area contributed by atoms with Gasteiger partial charge in [-0.15, -0.1) is 0 Å². The molecule has 0 aromatic heterocycles. The van der Waals surface area contributed by atoms with Crippen molar-refractivity contribution in [2.75, 3.05) is 14.2 Å². The number of hydrogen-bond acceptors (Lipinski definition) is 2. The number of aryl methyl sites for hydroxylation is 1. The van der Waals surface area contributed by atoms with Crippen molar-refractivity contribution < 1.29 is 4.74 Å². The Morgan fingerprint density at radius 3 is 2.45 bits per heavy atom. The zero-order valence-electron chi connectivity index (χ0n) is 12.3. The molecule has 106 valence electrons. The standard InChI is InChI=1S/C17H20ClNO/c1-11-6-5-7-14(12(11)2)17(19-3)15-9-8-13(20-4)10-16(15)18/h5-10,17,19H,1-4H3. The molecule has 3 heteroatoms. The molecule has 0 aliphatic carbocycles. The number of benzene rings is 2.